The van der Waals surface area contributed by atoms with E-state index in [1.165, 1.54) is 30.6 Å². The van der Waals surface area contributed by atoms with Crippen molar-refractivity contribution in [1.29, 1.82) is 0 Å². The SMILES string of the molecule is C=C(Cn1c(CNc2nc(N3CCN(C)CC3)nc3c(Br)cnn23)nc2c(F)c(Cl)ccc21)C(=O)CCCOc1c(N)ncnc1-c1cc(F)cc(NC(=O)c2ccc(C3CC3)cc2F)c1C. The van der Waals surface area contributed by atoms with Crippen LogP contribution in [0.1, 0.15) is 58.9 Å². The van der Waals surface area contributed by atoms with E-state index in [9.17, 15) is 14.0 Å². The summed E-state index contributed by atoms with van der Waals surface area (Å²) in [4.78, 5) is 53.7. The fraction of sp³-hybridized carbons (Fsp3) is 0.304. The van der Waals surface area contributed by atoms with Gasteiger partial charge < -0.3 is 35.5 Å². The van der Waals surface area contributed by atoms with Gasteiger partial charge in [0, 0.05) is 49.4 Å². The summed E-state index contributed by atoms with van der Waals surface area (Å²) >= 11 is 9.71. The summed E-state index contributed by atoms with van der Waals surface area (Å²) in [6.45, 7) is 8.94. The Morgan fingerprint density at radius 2 is 1.82 bits per heavy atom. The van der Waals surface area contributed by atoms with Gasteiger partial charge in [0.15, 0.2) is 28.8 Å². The highest BCUT2D eigenvalue weighted by atomic mass is 79.9. The second-order valence-electron chi connectivity index (χ2n) is 16.6. The first kappa shape index (κ1) is 45.5. The minimum Gasteiger partial charge on any atom is -0.488 e. The minimum absolute atomic E-state index is 0.0116. The molecule has 16 nitrogen and oxygen atoms in total. The van der Waals surface area contributed by atoms with Crippen molar-refractivity contribution in [2.45, 2.75) is 51.6 Å². The zero-order valence-electron chi connectivity index (χ0n) is 36.4. The lowest BCUT2D eigenvalue weighted by Crippen LogP contribution is -2.45. The summed E-state index contributed by atoms with van der Waals surface area (Å²) in [5, 5.41) is 10.3. The smallest absolute Gasteiger partial charge is 0.258 e. The summed E-state index contributed by atoms with van der Waals surface area (Å²) in [5.74, 6) is -1.48. The highest BCUT2D eigenvalue weighted by Gasteiger charge is 2.27. The van der Waals surface area contributed by atoms with Crippen molar-refractivity contribution < 1.29 is 27.5 Å². The molecule has 4 aromatic heterocycles. The predicted octanol–water partition coefficient (Wildman–Crippen LogP) is 8.13. The summed E-state index contributed by atoms with van der Waals surface area (Å²) in [5.41, 5.74) is 9.04. The number of fused-ring (bicyclic) bond motifs is 2. The average molecular weight is 999 g/mol. The molecule has 3 aromatic carbocycles. The van der Waals surface area contributed by atoms with Crippen LogP contribution in [0.3, 0.4) is 0 Å². The number of nitrogen functional groups attached to an aromatic ring is 1. The van der Waals surface area contributed by atoms with Crippen molar-refractivity contribution in [1.82, 2.24) is 44.0 Å². The van der Waals surface area contributed by atoms with Crippen molar-refractivity contribution in [2.75, 3.05) is 61.1 Å². The summed E-state index contributed by atoms with van der Waals surface area (Å²) in [6, 6.07) is 9.95. The minimum atomic E-state index is -0.739. The van der Waals surface area contributed by atoms with Crippen LogP contribution in [0.15, 0.2) is 71.6 Å². The third-order valence-corrected chi connectivity index (χ3v) is 12.8. The van der Waals surface area contributed by atoms with Crippen molar-refractivity contribution >= 4 is 79.3 Å². The number of benzene rings is 3. The molecule has 67 heavy (non-hydrogen) atoms. The van der Waals surface area contributed by atoms with Gasteiger partial charge in [-0.2, -0.15) is 19.6 Å². The molecule has 1 amide bonds. The molecule has 5 heterocycles. The highest BCUT2D eigenvalue weighted by molar-refractivity contribution is 9.10. The molecule has 1 saturated carbocycles. The van der Waals surface area contributed by atoms with E-state index in [4.69, 9.17) is 32.0 Å². The van der Waals surface area contributed by atoms with E-state index in [-0.39, 0.29) is 88.5 Å². The van der Waals surface area contributed by atoms with E-state index in [1.807, 2.05) is 0 Å². The fourth-order valence-electron chi connectivity index (χ4n) is 7.97. The molecule has 2 aliphatic rings. The molecule has 346 valence electrons. The number of hydrogen-bond donors (Lipinski definition) is 3. The number of imidazole rings is 1. The Morgan fingerprint density at radius 1 is 1.03 bits per heavy atom. The number of nitrogens with zero attached hydrogens (tertiary/aromatic N) is 10. The molecule has 1 aliphatic heterocycles. The van der Waals surface area contributed by atoms with Gasteiger partial charge in [0.2, 0.25) is 11.9 Å². The van der Waals surface area contributed by atoms with Gasteiger partial charge in [0.25, 0.3) is 5.91 Å². The first-order chi connectivity index (χ1) is 32.2. The Labute approximate surface area is 395 Å². The predicted molar refractivity (Wildman–Crippen MR) is 252 cm³/mol. The number of carbonyl (C=O) groups is 2. The number of halogens is 5. The molecule has 1 aliphatic carbocycles. The molecule has 7 aromatic rings. The van der Waals surface area contributed by atoms with Gasteiger partial charge in [0.05, 0.1) is 46.5 Å². The van der Waals surface area contributed by atoms with Crippen LogP contribution in [0, 0.1) is 24.4 Å². The standard InChI is InChI=1S/C46H44BrClF3N13O3/c1-24(22-63-35-11-10-32(48)38(51)40(35)58-37(63)21-53-45-60-46(62-14-12-61(3)13-15-62)59-43-31(47)20-56-64(43)45)36(65)5-4-16-67-41-39(54-23-55-42(41)52)30-18-28(49)19-34(25(30)2)57-44(66)29-9-8-27(17-33(29)50)26-6-7-26/h8-11,17-20,23,26H,1,4-7,12-16,21-22H2,2-3H3,(H,57,66)(H2,52,54,55)(H,53,59,60). The number of Topliss-reactive ketones (excluding diaryl/α,β-unsaturated/α-hetero) is 1. The Bertz CT molecular complexity index is 3100. The number of carbonyl (C=O) groups excluding carboxylic acids is 2. The third kappa shape index (κ3) is 9.50. The number of allylic oxidation sites excluding steroid dienone is 1. The van der Waals surface area contributed by atoms with Gasteiger partial charge in [-0.15, -0.1) is 0 Å². The van der Waals surface area contributed by atoms with E-state index in [2.05, 4.69) is 70.0 Å². The maximum absolute atomic E-state index is 15.4. The Hall–Kier alpha value is -6.64. The Kier molecular flexibility index (Phi) is 12.9. The van der Waals surface area contributed by atoms with Crippen molar-refractivity contribution in [2.24, 2.45) is 0 Å². The van der Waals surface area contributed by atoms with E-state index >= 15 is 8.78 Å². The van der Waals surface area contributed by atoms with E-state index < -0.39 is 23.4 Å². The maximum Gasteiger partial charge on any atom is 0.258 e. The molecular formula is C46H44BrClF3N13O3. The largest absolute Gasteiger partial charge is 0.488 e. The molecule has 9 rings (SSSR count). The number of ketones is 1. The molecule has 4 N–H and O–H groups in total. The lowest BCUT2D eigenvalue weighted by Gasteiger charge is -2.32. The third-order valence-electron chi connectivity index (χ3n) is 11.9. The van der Waals surface area contributed by atoms with Gasteiger partial charge in [-0.3, -0.25) is 9.59 Å². The zero-order chi connectivity index (χ0) is 47.1. The topological polar surface area (TPSA) is 187 Å². The lowest BCUT2D eigenvalue weighted by atomic mass is 10.0. The summed E-state index contributed by atoms with van der Waals surface area (Å²) < 4.78 is 55.6. The monoisotopic (exact) mass is 997 g/mol. The van der Waals surface area contributed by atoms with Gasteiger partial charge >= 0.3 is 0 Å². The molecule has 1 saturated heterocycles. The van der Waals surface area contributed by atoms with Crippen LogP contribution in [0.2, 0.25) is 5.02 Å². The number of amides is 1. The van der Waals surface area contributed by atoms with Crippen LogP contribution in [-0.2, 0) is 17.9 Å². The highest BCUT2D eigenvalue weighted by Crippen LogP contribution is 2.41. The van der Waals surface area contributed by atoms with Crippen LogP contribution < -0.4 is 26.0 Å². The van der Waals surface area contributed by atoms with Crippen LogP contribution in [-0.4, -0.2) is 95.5 Å². The molecule has 21 heteroatoms. The molecule has 0 bridgehead atoms. The quantitative estimate of drug-likeness (QED) is 0.0623. The van der Waals surface area contributed by atoms with Crippen LogP contribution in [0.5, 0.6) is 5.75 Å². The Morgan fingerprint density at radius 3 is 2.58 bits per heavy atom. The summed E-state index contributed by atoms with van der Waals surface area (Å²) in [7, 11) is 2.06. The zero-order valence-corrected chi connectivity index (χ0v) is 38.8. The number of anilines is 4. The molecule has 0 spiro atoms. The molecule has 0 radical (unpaired) electrons. The first-order valence-corrected chi connectivity index (χ1v) is 22.7. The number of piperazine rings is 1. The summed E-state index contributed by atoms with van der Waals surface area (Å²) in [6.07, 6.45) is 5.01. The number of aromatic nitrogens is 8. The van der Waals surface area contributed by atoms with E-state index in [0.29, 0.717) is 44.8 Å². The Balaban J connectivity index is 0.878. The van der Waals surface area contributed by atoms with Crippen LogP contribution in [0.4, 0.5) is 36.6 Å². The molecular weight excluding hydrogens is 955 g/mol. The first-order valence-electron chi connectivity index (χ1n) is 21.5. The number of likely N-dealkylation sites (N-methyl/N-ethyl adjacent to an activating group) is 1. The van der Waals surface area contributed by atoms with Crippen molar-refractivity contribution in [3.63, 3.8) is 0 Å². The average Bonchev–Trinajstić information content (AvgIpc) is 4.02. The van der Waals surface area contributed by atoms with Gasteiger partial charge in [-0.25, -0.2) is 28.1 Å². The van der Waals surface area contributed by atoms with Crippen LogP contribution >= 0.6 is 27.5 Å². The van der Waals surface area contributed by atoms with Gasteiger partial charge in [-0.1, -0.05) is 24.2 Å². The number of nitrogens with one attached hydrogen (secondary N) is 2. The van der Waals surface area contributed by atoms with E-state index in [1.54, 1.807) is 34.3 Å². The van der Waals surface area contributed by atoms with Gasteiger partial charge in [-0.05, 0) is 103 Å². The fourth-order valence-corrected chi connectivity index (χ4v) is 8.47. The number of nitrogens with two attached hydrogens (primary N) is 1. The molecule has 2 fully saturated rings. The number of ether oxygens (including phenoxy) is 1. The second-order valence-corrected chi connectivity index (χ2v) is 17.8. The molecule has 0 unspecified atom stereocenters. The van der Waals surface area contributed by atoms with Crippen molar-refractivity contribution in [3.05, 3.63) is 117 Å². The maximum atomic E-state index is 15.4. The second kappa shape index (κ2) is 18.9. The number of rotatable bonds is 16. The number of hydrogen-bond acceptors (Lipinski definition) is 13. The lowest BCUT2D eigenvalue weighted by molar-refractivity contribution is -0.116. The molecule has 0 atom stereocenters. The van der Waals surface area contributed by atoms with E-state index in [0.717, 1.165) is 50.7 Å². The normalized spacial score (nSPS) is 14.2. The van der Waals surface area contributed by atoms with Crippen LogP contribution in [0.25, 0.3) is 27.9 Å². The van der Waals surface area contributed by atoms with Crippen molar-refractivity contribution in [3.8, 4) is 17.0 Å². The van der Waals surface area contributed by atoms with Gasteiger partial charge in [0.1, 0.15) is 35.0 Å².